The van der Waals surface area contributed by atoms with E-state index in [1.54, 1.807) is 0 Å². The smallest absolute Gasteiger partial charge is 0.325 e. The molecule has 8 nitrogen and oxygen atoms in total. The molecule has 24 heavy (non-hydrogen) atoms. The number of nitrogens with one attached hydrogen (secondary N) is 2. The predicted octanol–water partition coefficient (Wildman–Crippen LogP) is -1.01. The highest BCUT2D eigenvalue weighted by Gasteiger charge is 2.18. The molecule has 0 aliphatic heterocycles. The van der Waals surface area contributed by atoms with E-state index in [-0.39, 0.29) is 26.3 Å². The number of nitrogens with two attached hydrogens (primary N) is 1. The molecular formula is C16H25N3O5. The molecule has 8 heteroatoms. The van der Waals surface area contributed by atoms with E-state index in [0.29, 0.717) is 12.3 Å². The van der Waals surface area contributed by atoms with Gasteiger partial charge in [0.15, 0.2) is 0 Å². The van der Waals surface area contributed by atoms with Crippen LogP contribution < -0.4 is 16.4 Å². The fraction of sp³-hybridized carbons (Fsp3) is 0.562. The Kier molecular flexibility index (Phi) is 8.74. The fourth-order valence-corrected chi connectivity index (χ4v) is 2.20. The number of carbonyl (C=O) groups excluding carboxylic acids is 3. The molecule has 134 valence electrons. The van der Waals surface area contributed by atoms with E-state index in [1.165, 1.54) is 0 Å². The Morgan fingerprint density at radius 1 is 1.38 bits per heavy atom. The van der Waals surface area contributed by atoms with Gasteiger partial charge in [-0.1, -0.05) is 30.7 Å². The maximum absolute atomic E-state index is 11.9. The number of hydrogen-bond acceptors (Lipinski definition) is 6. The average Bonchev–Trinajstić information content (AvgIpc) is 2.55. The number of ether oxygens (including phenoxy) is 1. The molecule has 1 unspecified atom stereocenters. The highest BCUT2D eigenvalue weighted by Crippen LogP contribution is 2.21. The van der Waals surface area contributed by atoms with Crippen LogP contribution in [0.1, 0.15) is 19.8 Å². The molecule has 0 saturated heterocycles. The van der Waals surface area contributed by atoms with E-state index < -0.39 is 23.8 Å². The molecule has 1 rings (SSSR count). The zero-order valence-corrected chi connectivity index (χ0v) is 13.8. The van der Waals surface area contributed by atoms with Crippen molar-refractivity contribution in [2.45, 2.75) is 25.8 Å². The van der Waals surface area contributed by atoms with Gasteiger partial charge in [0, 0.05) is 0 Å². The summed E-state index contributed by atoms with van der Waals surface area (Å²) >= 11 is 0. The van der Waals surface area contributed by atoms with Crippen molar-refractivity contribution in [2.24, 2.45) is 11.7 Å². The molecule has 2 amide bonds. The van der Waals surface area contributed by atoms with E-state index in [4.69, 9.17) is 10.8 Å². The normalized spacial score (nSPS) is 17.6. The van der Waals surface area contributed by atoms with Crippen molar-refractivity contribution in [2.75, 3.05) is 26.3 Å². The lowest BCUT2D eigenvalue weighted by Crippen LogP contribution is -2.45. The monoisotopic (exact) mass is 339 g/mol. The van der Waals surface area contributed by atoms with E-state index in [2.05, 4.69) is 28.4 Å². The molecule has 0 aromatic rings. The standard InChI is InChI=1S/C16H25N3O5/c1-11-3-2-4-12(7-11)8-13(17)16(23)19-9-14(21)18-10-15(22)24-6-5-20/h2-4,11,13,20H,5-10,17H2,1H3,(H,18,21)(H,19,23)/t11-,13?/m1/s1. The van der Waals surface area contributed by atoms with Gasteiger partial charge >= 0.3 is 5.97 Å². The van der Waals surface area contributed by atoms with Gasteiger partial charge in [-0.15, -0.1) is 0 Å². The van der Waals surface area contributed by atoms with Crippen LogP contribution in [0.25, 0.3) is 0 Å². The predicted molar refractivity (Wildman–Crippen MR) is 87.7 cm³/mol. The Bertz CT molecular complexity index is 516. The molecular weight excluding hydrogens is 314 g/mol. The van der Waals surface area contributed by atoms with Crippen LogP contribution in [0, 0.1) is 5.92 Å². The summed E-state index contributed by atoms with van der Waals surface area (Å²) in [5.74, 6) is -1.18. The maximum atomic E-state index is 11.9. The number of aliphatic hydroxyl groups is 1. The number of carbonyl (C=O) groups is 3. The molecule has 0 fully saturated rings. The molecule has 0 heterocycles. The van der Waals surface area contributed by atoms with Gasteiger partial charge in [0.2, 0.25) is 11.8 Å². The topological polar surface area (TPSA) is 131 Å². The number of hydrogen-bond donors (Lipinski definition) is 4. The minimum Gasteiger partial charge on any atom is -0.462 e. The largest absolute Gasteiger partial charge is 0.462 e. The fourth-order valence-electron chi connectivity index (χ4n) is 2.20. The Morgan fingerprint density at radius 2 is 2.12 bits per heavy atom. The van der Waals surface area contributed by atoms with Crippen molar-refractivity contribution in [3.63, 3.8) is 0 Å². The average molecular weight is 339 g/mol. The first-order chi connectivity index (χ1) is 11.4. The molecule has 1 aliphatic carbocycles. The molecule has 0 aromatic heterocycles. The molecule has 0 saturated carbocycles. The van der Waals surface area contributed by atoms with Gasteiger partial charge in [-0.3, -0.25) is 14.4 Å². The highest BCUT2D eigenvalue weighted by atomic mass is 16.5. The van der Waals surface area contributed by atoms with Gasteiger partial charge in [0.25, 0.3) is 0 Å². The summed E-state index contributed by atoms with van der Waals surface area (Å²) in [6.07, 6.45) is 7.31. The summed E-state index contributed by atoms with van der Waals surface area (Å²) in [5, 5.41) is 13.2. The second-order valence-corrected chi connectivity index (χ2v) is 5.64. The van der Waals surface area contributed by atoms with E-state index in [1.807, 2.05) is 12.2 Å². The lowest BCUT2D eigenvalue weighted by molar-refractivity contribution is -0.144. The molecule has 0 radical (unpaired) electrons. The van der Waals surface area contributed by atoms with Crippen molar-refractivity contribution < 1.29 is 24.2 Å². The summed E-state index contributed by atoms with van der Waals surface area (Å²) in [7, 11) is 0. The Hall–Kier alpha value is -2.19. The lowest BCUT2D eigenvalue weighted by atomic mass is 9.92. The Labute approximate surface area is 141 Å². The zero-order valence-electron chi connectivity index (χ0n) is 13.8. The summed E-state index contributed by atoms with van der Waals surface area (Å²) in [6, 6.07) is -0.725. The van der Waals surface area contributed by atoms with Crippen molar-refractivity contribution >= 4 is 17.8 Å². The minimum absolute atomic E-state index is 0.121. The van der Waals surface area contributed by atoms with Crippen LogP contribution in [-0.2, 0) is 19.1 Å². The Balaban J connectivity index is 2.24. The van der Waals surface area contributed by atoms with Crippen molar-refractivity contribution in [3.8, 4) is 0 Å². The Morgan fingerprint density at radius 3 is 2.79 bits per heavy atom. The quantitative estimate of drug-likeness (QED) is 0.398. The molecule has 2 atom stereocenters. The summed E-state index contributed by atoms with van der Waals surface area (Å²) in [4.78, 5) is 34.6. The van der Waals surface area contributed by atoms with Crippen LogP contribution in [0.15, 0.2) is 23.8 Å². The van der Waals surface area contributed by atoms with Gasteiger partial charge in [0.05, 0.1) is 19.2 Å². The van der Waals surface area contributed by atoms with Crippen LogP contribution in [0.3, 0.4) is 0 Å². The molecule has 0 aromatic carbocycles. The third-order valence-corrected chi connectivity index (χ3v) is 3.38. The van der Waals surface area contributed by atoms with Gasteiger partial charge in [-0.05, 0) is 18.8 Å². The minimum atomic E-state index is -0.725. The van der Waals surface area contributed by atoms with Crippen LogP contribution >= 0.6 is 0 Å². The van der Waals surface area contributed by atoms with Crippen LogP contribution in [0.4, 0.5) is 0 Å². The van der Waals surface area contributed by atoms with E-state index in [0.717, 1.165) is 12.0 Å². The van der Waals surface area contributed by atoms with Gasteiger partial charge in [0.1, 0.15) is 13.2 Å². The van der Waals surface area contributed by atoms with Crippen molar-refractivity contribution in [3.05, 3.63) is 23.8 Å². The van der Waals surface area contributed by atoms with Gasteiger partial charge < -0.3 is 26.2 Å². The number of rotatable bonds is 9. The molecule has 0 spiro atoms. The third-order valence-electron chi connectivity index (χ3n) is 3.38. The first-order valence-corrected chi connectivity index (χ1v) is 7.85. The number of aliphatic hydroxyl groups excluding tert-OH is 1. The lowest BCUT2D eigenvalue weighted by Gasteiger charge is -2.18. The van der Waals surface area contributed by atoms with Crippen LogP contribution in [0.5, 0.6) is 0 Å². The third kappa shape index (κ3) is 7.89. The van der Waals surface area contributed by atoms with Crippen molar-refractivity contribution in [1.82, 2.24) is 10.6 Å². The van der Waals surface area contributed by atoms with E-state index >= 15 is 0 Å². The number of allylic oxidation sites excluding steroid dienone is 3. The molecule has 0 bridgehead atoms. The number of esters is 1. The van der Waals surface area contributed by atoms with Gasteiger partial charge in [-0.25, -0.2) is 0 Å². The zero-order chi connectivity index (χ0) is 17.9. The summed E-state index contributed by atoms with van der Waals surface area (Å²) in [5.41, 5.74) is 6.95. The first-order valence-electron chi connectivity index (χ1n) is 7.85. The second kappa shape index (κ2) is 10.6. The summed E-state index contributed by atoms with van der Waals surface area (Å²) < 4.78 is 4.58. The highest BCUT2D eigenvalue weighted by molar-refractivity contribution is 5.88. The maximum Gasteiger partial charge on any atom is 0.325 e. The van der Waals surface area contributed by atoms with Crippen molar-refractivity contribution in [1.29, 1.82) is 0 Å². The molecule has 5 N–H and O–H groups in total. The second-order valence-electron chi connectivity index (χ2n) is 5.64. The van der Waals surface area contributed by atoms with E-state index in [9.17, 15) is 14.4 Å². The number of amides is 2. The van der Waals surface area contributed by atoms with Gasteiger partial charge in [-0.2, -0.15) is 0 Å². The summed E-state index contributed by atoms with van der Waals surface area (Å²) in [6.45, 7) is 1.10. The van der Waals surface area contributed by atoms with Crippen LogP contribution in [-0.4, -0.2) is 55.2 Å². The first kappa shape index (κ1) is 19.9. The SMILES string of the molecule is C[C@@H]1C=CC=C(CC(N)C(=O)NCC(=O)NCC(=O)OCCO)C1. The van der Waals surface area contributed by atoms with Crippen LogP contribution in [0.2, 0.25) is 0 Å². The molecule has 1 aliphatic rings.